The summed E-state index contributed by atoms with van der Waals surface area (Å²) in [5.41, 5.74) is 6.05. The molecule has 0 bridgehead atoms. The molecule has 0 radical (unpaired) electrons. The molecular formula is C11H24N2. The minimum Gasteiger partial charge on any atom is -0.330 e. The van der Waals surface area contributed by atoms with Crippen molar-refractivity contribution < 1.29 is 0 Å². The van der Waals surface area contributed by atoms with Crippen LogP contribution >= 0.6 is 0 Å². The van der Waals surface area contributed by atoms with Crippen molar-refractivity contribution in [2.75, 3.05) is 19.6 Å². The average Bonchev–Trinajstić information content (AvgIpc) is 2.17. The van der Waals surface area contributed by atoms with Crippen LogP contribution in [-0.2, 0) is 0 Å². The highest BCUT2D eigenvalue weighted by molar-refractivity contribution is 4.74. The Morgan fingerprint density at radius 3 is 2.77 bits per heavy atom. The van der Waals surface area contributed by atoms with E-state index in [9.17, 15) is 0 Å². The van der Waals surface area contributed by atoms with Crippen molar-refractivity contribution in [2.24, 2.45) is 17.1 Å². The predicted molar refractivity (Wildman–Crippen MR) is 57.7 cm³/mol. The van der Waals surface area contributed by atoms with E-state index in [1.54, 1.807) is 0 Å². The molecule has 3 N–H and O–H groups in total. The highest BCUT2D eigenvalue weighted by Gasteiger charge is 2.19. The van der Waals surface area contributed by atoms with Gasteiger partial charge in [0, 0.05) is 0 Å². The molecule has 1 aliphatic heterocycles. The normalized spacial score (nSPS) is 24.7. The molecule has 2 heteroatoms. The van der Waals surface area contributed by atoms with Gasteiger partial charge in [0.15, 0.2) is 0 Å². The van der Waals surface area contributed by atoms with Crippen LogP contribution in [0.1, 0.15) is 39.5 Å². The Morgan fingerprint density at radius 1 is 1.46 bits per heavy atom. The lowest BCUT2D eigenvalue weighted by atomic mass is 9.83. The minimum absolute atomic E-state index is 0.345. The van der Waals surface area contributed by atoms with Gasteiger partial charge in [-0.05, 0) is 56.7 Å². The Hall–Kier alpha value is -0.0800. The Balaban J connectivity index is 2.17. The first-order valence-electron chi connectivity index (χ1n) is 5.55. The Kier molecular flexibility index (Phi) is 4.20. The monoisotopic (exact) mass is 184 g/mol. The van der Waals surface area contributed by atoms with Gasteiger partial charge in [-0.3, -0.25) is 0 Å². The molecule has 1 heterocycles. The average molecular weight is 184 g/mol. The molecule has 0 aromatic rings. The maximum atomic E-state index is 5.71. The third-order valence-corrected chi connectivity index (χ3v) is 3.18. The molecule has 78 valence electrons. The lowest BCUT2D eigenvalue weighted by molar-refractivity contribution is 0.272. The topological polar surface area (TPSA) is 38.0 Å². The zero-order valence-corrected chi connectivity index (χ0v) is 9.10. The molecule has 0 amide bonds. The van der Waals surface area contributed by atoms with Crippen LogP contribution in [0.2, 0.25) is 0 Å². The van der Waals surface area contributed by atoms with E-state index < -0.39 is 0 Å². The maximum Gasteiger partial charge on any atom is -0.00205 e. The third-order valence-electron chi connectivity index (χ3n) is 3.18. The van der Waals surface area contributed by atoms with Crippen LogP contribution in [0.4, 0.5) is 0 Å². The van der Waals surface area contributed by atoms with E-state index in [-0.39, 0.29) is 0 Å². The molecule has 0 spiro atoms. The van der Waals surface area contributed by atoms with Crippen LogP contribution in [0.25, 0.3) is 0 Å². The summed E-state index contributed by atoms with van der Waals surface area (Å²) in [5, 5.41) is 3.46. The van der Waals surface area contributed by atoms with E-state index in [4.69, 9.17) is 5.73 Å². The quantitative estimate of drug-likeness (QED) is 0.698. The number of piperidine rings is 1. The Morgan fingerprint density at radius 2 is 2.23 bits per heavy atom. The number of nitrogens with two attached hydrogens (primary N) is 1. The molecule has 0 aromatic heterocycles. The summed E-state index contributed by atoms with van der Waals surface area (Å²) in [6, 6.07) is 0. The van der Waals surface area contributed by atoms with Crippen LogP contribution in [0, 0.1) is 11.3 Å². The first-order chi connectivity index (χ1) is 6.14. The summed E-state index contributed by atoms with van der Waals surface area (Å²) >= 11 is 0. The summed E-state index contributed by atoms with van der Waals surface area (Å²) in [4.78, 5) is 0. The van der Waals surface area contributed by atoms with Crippen molar-refractivity contribution in [3.63, 3.8) is 0 Å². The standard InChI is InChI=1S/C11H24N2/c1-11(2,9-12)6-5-10-4-3-7-13-8-10/h10,13H,3-9,12H2,1-2H3. The van der Waals surface area contributed by atoms with Crippen molar-refractivity contribution in [1.82, 2.24) is 5.32 Å². The largest absolute Gasteiger partial charge is 0.330 e. The molecule has 2 nitrogen and oxygen atoms in total. The van der Waals surface area contributed by atoms with E-state index in [0.717, 1.165) is 12.5 Å². The molecule has 1 unspecified atom stereocenters. The predicted octanol–water partition coefficient (Wildman–Crippen LogP) is 1.75. The summed E-state index contributed by atoms with van der Waals surface area (Å²) < 4.78 is 0. The highest BCUT2D eigenvalue weighted by atomic mass is 14.9. The molecule has 1 fully saturated rings. The summed E-state index contributed by atoms with van der Waals surface area (Å²) in [6.07, 6.45) is 5.38. The van der Waals surface area contributed by atoms with Gasteiger partial charge in [0.2, 0.25) is 0 Å². The van der Waals surface area contributed by atoms with Crippen molar-refractivity contribution in [1.29, 1.82) is 0 Å². The molecule has 0 aromatic carbocycles. The minimum atomic E-state index is 0.345. The summed E-state index contributed by atoms with van der Waals surface area (Å²) in [7, 11) is 0. The second kappa shape index (κ2) is 4.97. The molecule has 0 aliphatic carbocycles. The number of hydrogen-bond donors (Lipinski definition) is 2. The zero-order valence-electron chi connectivity index (χ0n) is 9.10. The number of hydrogen-bond acceptors (Lipinski definition) is 2. The van der Waals surface area contributed by atoms with E-state index in [1.165, 1.54) is 38.8 Å². The molecular weight excluding hydrogens is 160 g/mol. The van der Waals surface area contributed by atoms with Gasteiger partial charge in [-0.25, -0.2) is 0 Å². The molecule has 1 atom stereocenters. The summed E-state index contributed by atoms with van der Waals surface area (Å²) in [6.45, 7) is 7.79. The van der Waals surface area contributed by atoms with E-state index in [2.05, 4.69) is 19.2 Å². The molecule has 1 aliphatic rings. The van der Waals surface area contributed by atoms with Crippen molar-refractivity contribution >= 4 is 0 Å². The van der Waals surface area contributed by atoms with Crippen molar-refractivity contribution in [3.05, 3.63) is 0 Å². The second-order valence-electron chi connectivity index (χ2n) is 5.12. The van der Waals surface area contributed by atoms with Gasteiger partial charge in [0.1, 0.15) is 0 Å². The first-order valence-corrected chi connectivity index (χ1v) is 5.55. The Labute approximate surface area is 82.3 Å². The maximum absolute atomic E-state index is 5.71. The van der Waals surface area contributed by atoms with Crippen LogP contribution in [0.3, 0.4) is 0 Å². The number of nitrogens with one attached hydrogen (secondary N) is 1. The SMILES string of the molecule is CC(C)(CN)CCC1CCCNC1. The third kappa shape index (κ3) is 4.10. The molecule has 13 heavy (non-hydrogen) atoms. The second-order valence-corrected chi connectivity index (χ2v) is 5.12. The van der Waals surface area contributed by atoms with E-state index in [1.807, 2.05) is 0 Å². The van der Waals surface area contributed by atoms with E-state index >= 15 is 0 Å². The van der Waals surface area contributed by atoms with Gasteiger partial charge in [0.05, 0.1) is 0 Å². The Bertz CT molecular complexity index is 137. The van der Waals surface area contributed by atoms with Gasteiger partial charge in [-0.15, -0.1) is 0 Å². The van der Waals surface area contributed by atoms with Crippen molar-refractivity contribution in [3.8, 4) is 0 Å². The fraction of sp³-hybridized carbons (Fsp3) is 1.00. The lowest BCUT2D eigenvalue weighted by Gasteiger charge is -2.28. The lowest BCUT2D eigenvalue weighted by Crippen LogP contribution is -2.31. The van der Waals surface area contributed by atoms with Gasteiger partial charge in [-0.2, -0.15) is 0 Å². The summed E-state index contributed by atoms with van der Waals surface area (Å²) in [5.74, 6) is 0.902. The van der Waals surface area contributed by atoms with Crippen LogP contribution in [0.15, 0.2) is 0 Å². The smallest absolute Gasteiger partial charge is 0.00205 e. The van der Waals surface area contributed by atoms with Gasteiger partial charge in [-0.1, -0.05) is 13.8 Å². The van der Waals surface area contributed by atoms with Gasteiger partial charge < -0.3 is 11.1 Å². The molecule has 0 saturated carbocycles. The van der Waals surface area contributed by atoms with Gasteiger partial charge in [0.25, 0.3) is 0 Å². The van der Waals surface area contributed by atoms with Crippen LogP contribution in [-0.4, -0.2) is 19.6 Å². The molecule has 1 rings (SSSR count). The fourth-order valence-electron chi connectivity index (χ4n) is 1.87. The van der Waals surface area contributed by atoms with Crippen molar-refractivity contribution in [2.45, 2.75) is 39.5 Å². The van der Waals surface area contributed by atoms with Gasteiger partial charge >= 0.3 is 0 Å². The van der Waals surface area contributed by atoms with Crippen LogP contribution < -0.4 is 11.1 Å². The molecule has 1 saturated heterocycles. The van der Waals surface area contributed by atoms with Crippen LogP contribution in [0.5, 0.6) is 0 Å². The zero-order chi connectivity index (χ0) is 9.73. The first kappa shape index (κ1) is 11.0. The highest BCUT2D eigenvalue weighted by Crippen LogP contribution is 2.25. The fourth-order valence-corrected chi connectivity index (χ4v) is 1.87. The number of rotatable bonds is 4. The van der Waals surface area contributed by atoms with E-state index in [0.29, 0.717) is 5.41 Å².